The molecule has 0 amide bonds. The first-order chi connectivity index (χ1) is 12.3. The molecular weight excluding hydrogens is 306 g/mol. The van der Waals surface area contributed by atoms with Crippen molar-refractivity contribution in [3.05, 3.63) is 42.7 Å². The van der Waals surface area contributed by atoms with Gasteiger partial charge in [0.1, 0.15) is 0 Å². The molecule has 2 heteroatoms. The normalized spacial score (nSPS) is 11.2. The van der Waals surface area contributed by atoms with Crippen LogP contribution in [0.15, 0.2) is 42.7 Å². The molecule has 0 bridgehead atoms. The monoisotopic (exact) mass is 344 g/mol. The number of allylic oxidation sites excluding steroid dienone is 2. The Kier molecular flexibility index (Phi) is 13.9. The van der Waals surface area contributed by atoms with Crippen LogP contribution in [-0.2, 0) is 0 Å². The van der Waals surface area contributed by atoms with E-state index >= 15 is 0 Å². The van der Waals surface area contributed by atoms with Crippen LogP contribution >= 0.6 is 0 Å². The molecule has 0 N–H and O–H groups in total. The summed E-state index contributed by atoms with van der Waals surface area (Å²) in [6, 6.07) is 5.74. The molecule has 0 aliphatic carbocycles. The van der Waals surface area contributed by atoms with E-state index in [1.165, 1.54) is 77.0 Å². The van der Waals surface area contributed by atoms with Crippen LogP contribution in [0.3, 0.4) is 0 Å². The minimum atomic E-state index is 0.207. The van der Waals surface area contributed by atoms with Crippen molar-refractivity contribution in [3.63, 3.8) is 0 Å². The summed E-state index contributed by atoms with van der Waals surface area (Å²) in [6.07, 6.45) is 25.8. The topological polar surface area (TPSA) is 20.9 Å². The van der Waals surface area contributed by atoms with E-state index in [9.17, 15) is 4.79 Å². The Balaban J connectivity index is 1.84. The van der Waals surface area contributed by atoms with Gasteiger partial charge in [0.05, 0.1) is 6.42 Å². The number of carbonyl (C=O) groups is 1. The summed E-state index contributed by atoms with van der Waals surface area (Å²) in [5.74, 6) is 0.207. The van der Waals surface area contributed by atoms with Gasteiger partial charge in [0.2, 0.25) is 0 Å². The molecule has 0 aromatic carbocycles. The molecule has 140 valence electrons. The predicted octanol–water partition coefficient (Wildman–Crippen LogP) is 6.65. The van der Waals surface area contributed by atoms with Crippen LogP contribution in [0.2, 0.25) is 0 Å². The van der Waals surface area contributed by atoms with Gasteiger partial charge in [0, 0.05) is 12.1 Å². The maximum absolute atomic E-state index is 11.9. The summed E-state index contributed by atoms with van der Waals surface area (Å²) in [4.78, 5) is 11.9. The molecular formula is C23H38NO+. The van der Waals surface area contributed by atoms with Crippen LogP contribution in [-0.4, -0.2) is 5.91 Å². The minimum Gasteiger partial charge on any atom is -0.219 e. The number of hydrogen-bond donors (Lipinski definition) is 0. The lowest BCUT2D eigenvalue weighted by atomic mass is 10.1. The van der Waals surface area contributed by atoms with Crippen LogP contribution < -0.4 is 4.57 Å². The minimum absolute atomic E-state index is 0.207. The Hall–Kier alpha value is -1.44. The van der Waals surface area contributed by atoms with Crippen molar-refractivity contribution in [1.82, 2.24) is 0 Å². The number of nitrogens with zero attached hydrogens (tertiary/aromatic N) is 1. The Morgan fingerprint density at radius 1 is 0.720 bits per heavy atom. The fourth-order valence-electron chi connectivity index (χ4n) is 3.04. The molecule has 1 aromatic heterocycles. The van der Waals surface area contributed by atoms with Crippen LogP contribution in [0.25, 0.3) is 0 Å². The lowest BCUT2D eigenvalue weighted by molar-refractivity contribution is -0.574. The first-order valence-electron chi connectivity index (χ1n) is 10.5. The maximum atomic E-state index is 11.9. The average molecular weight is 345 g/mol. The second kappa shape index (κ2) is 16.1. The predicted molar refractivity (Wildman–Crippen MR) is 107 cm³/mol. The first kappa shape index (κ1) is 21.6. The highest BCUT2D eigenvalue weighted by molar-refractivity contribution is 5.66. The summed E-state index contributed by atoms with van der Waals surface area (Å²) in [7, 11) is 0. The Bertz CT molecular complexity index is 452. The number of unbranched alkanes of at least 4 members (excludes halogenated alkanes) is 11. The second-order valence-electron chi connectivity index (χ2n) is 7.01. The number of aromatic nitrogens is 1. The standard InChI is InChI=1S/C23H38NO/c1-2-3-4-5-6-7-8-9-10-11-12-13-14-15-17-20-23(25)24-21-18-16-19-22-24/h9-10,16,18-19,21-22H,2-8,11-15,17,20H2,1H3/q+1. The van der Waals surface area contributed by atoms with E-state index in [1.54, 1.807) is 4.57 Å². The molecule has 1 rings (SSSR count). The van der Waals surface area contributed by atoms with Crippen LogP contribution in [0.1, 0.15) is 102 Å². The molecule has 2 nitrogen and oxygen atoms in total. The molecule has 0 unspecified atom stereocenters. The van der Waals surface area contributed by atoms with E-state index in [2.05, 4.69) is 19.1 Å². The molecule has 0 saturated carbocycles. The summed E-state index contributed by atoms with van der Waals surface area (Å²) in [5, 5.41) is 0. The van der Waals surface area contributed by atoms with Gasteiger partial charge in [-0.25, -0.2) is 4.79 Å². The highest BCUT2D eigenvalue weighted by Crippen LogP contribution is 2.09. The van der Waals surface area contributed by atoms with E-state index in [4.69, 9.17) is 0 Å². The van der Waals surface area contributed by atoms with Crippen molar-refractivity contribution in [2.75, 3.05) is 0 Å². The molecule has 0 aliphatic rings. The fourth-order valence-corrected chi connectivity index (χ4v) is 3.04. The van der Waals surface area contributed by atoms with Gasteiger partial charge in [0.25, 0.3) is 0 Å². The molecule has 0 radical (unpaired) electrons. The molecule has 0 saturated heterocycles. The van der Waals surface area contributed by atoms with Crippen LogP contribution in [0.4, 0.5) is 0 Å². The number of carbonyl (C=O) groups excluding carboxylic acids is 1. The van der Waals surface area contributed by atoms with Gasteiger partial charge in [0.15, 0.2) is 12.4 Å². The third kappa shape index (κ3) is 12.6. The van der Waals surface area contributed by atoms with E-state index in [0.29, 0.717) is 6.42 Å². The van der Waals surface area contributed by atoms with Crippen LogP contribution in [0, 0.1) is 0 Å². The Morgan fingerprint density at radius 2 is 1.24 bits per heavy atom. The van der Waals surface area contributed by atoms with Gasteiger partial charge in [-0.15, -0.1) is 4.57 Å². The van der Waals surface area contributed by atoms with Crippen molar-refractivity contribution < 1.29 is 9.36 Å². The summed E-state index contributed by atoms with van der Waals surface area (Å²) in [6.45, 7) is 2.27. The zero-order valence-electron chi connectivity index (χ0n) is 16.3. The summed E-state index contributed by atoms with van der Waals surface area (Å²) in [5.41, 5.74) is 0. The second-order valence-corrected chi connectivity index (χ2v) is 7.01. The molecule has 1 heterocycles. The number of hydrogen-bond acceptors (Lipinski definition) is 1. The molecule has 25 heavy (non-hydrogen) atoms. The van der Waals surface area contributed by atoms with Gasteiger partial charge >= 0.3 is 5.91 Å². The highest BCUT2D eigenvalue weighted by atomic mass is 16.1. The lowest BCUT2D eigenvalue weighted by Crippen LogP contribution is -2.41. The third-order valence-electron chi connectivity index (χ3n) is 4.66. The molecule has 1 aromatic rings. The van der Waals surface area contributed by atoms with Gasteiger partial charge in [-0.05, 0) is 32.1 Å². The van der Waals surface area contributed by atoms with Gasteiger partial charge in [-0.3, -0.25) is 0 Å². The highest BCUT2D eigenvalue weighted by Gasteiger charge is 2.11. The Morgan fingerprint density at radius 3 is 1.84 bits per heavy atom. The van der Waals surface area contributed by atoms with Gasteiger partial charge in [-0.2, -0.15) is 0 Å². The van der Waals surface area contributed by atoms with Crippen molar-refractivity contribution in [1.29, 1.82) is 0 Å². The largest absolute Gasteiger partial charge is 0.392 e. The van der Waals surface area contributed by atoms with E-state index in [-0.39, 0.29) is 5.91 Å². The fraction of sp³-hybridized carbons (Fsp3) is 0.652. The van der Waals surface area contributed by atoms with Crippen LogP contribution in [0.5, 0.6) is 0 Å². The van der Waals surface area contributed by atoms with Crippen molar-refractivity contribution in [2.45, 2.75) is 96.8 Å². The van der Waals surface area contributed by atoms with Crippen molar-refractivity contribution >= 4 is 5.91 Å². The average Bonchev–Trinajstić information content (AvgIpc) is 2.65. The number of rotatable bonds is 15. The zero-order valence-corrected chi connectivity index (χ0v) is 16.3. The smallest absolute Gasteiger partial charge is 0.219 e. The molecule has 0 fully saturated rings. The molecule has 0 aliphatic heterocycles. The first-order valence-corrected chi connectivity index (χ1v) is 10.5. The quantitative estimate of drug-likeness (QED) is 0.198. The molecule has 0 atom stereocenters. The van der Waals surface area contributed by atoms with Gasteiger partial charge in [-0.1, -0.05) is 76.5 Å². The summed E-state index contributed by atoms with van der Waals surface area (Å²) >= 11 is 0. The van der Waals surface area contributed by atoms with Gasteiger partial charge < -0.3 is 0 Å². The van der Waals surface area contributed by atoms with E-state index in [0.717, 1.165) is 6.42 Å². The SMILES string of the molecule is CCCCCCCCC=CCCCCCCCC(=O)[n+]1ccccc1. The van der Waals surface area contributed by atoms with E-state index < -0.39 is 0 Å². The molecule has 0 spiro atoms. The third-order valence-corrected chi connectivity index (χ3v) is 4.66. The zero-order chi connectivity index (χ0) is 18.0. The van der Waals surface area contributed by atoms with E-state index in [1.807, 2.05) is 30.6 Å². The lowest BCUT2D eigenvalue weighted by Gasteiger charge is -1.99. The van der Waals surface area contributed by atoms with Crippen molar-refractivity contribution in [2.24, 2.45) is 0 Å². The maximum Gasteiger partial charge on any atom is 0.392 e. The Labute approximate surface area is 155 Å². The number of pyridine rings is 1. The van der Waals surface area contributed by atoms with Crippen molar-refractivity contribution in [3.8, 4) is 0 Å². The summed E-state index contributed by atoms with van der Waals surface area (Å²) < 4.78 is 1.69.